The fraction of sp³-hybridized carbons (Fsp3) is 0.353. The molecule has 41 heavy (non-hydrogen) atoms. The number of aromatic nitrogens is 1. The normalized spacial score (nSPS) is 13.9. The molecular weight excluding hydrogens is 552 g/mol. The first-order valence-electron chi connectivity index (χ1n) is 14.5. The van der Waals surface area contributed by atoms with E-state index in [1.54, 1.807) is 23.5 Å². The highest BCUT2D eigenvalue weighted by Crippen LogP contribution is 2.38. The van der Waals surface area contributed by atoms with Gasteiger partial charge in [-0.25, -0.2) is 9.78 Å². The third kappa shape index (κ3) is 7.49. The molecule has 1 aliphatic rings. The molecule has 0 unspecified atom stereocenters. The van der Waals surface area contributed by atoms with Gasteiger partial charge in [-0.2, -0.15) is 0 Å². The molecule has 0 atom stereocenters. The maximum Gasteiger partial charge on any atom is 0.335 e. The maximum atomic E-state index is 11.4. The largest absolute Gasteiger partial charge is 0.488 e. The van der Waals surface area contributed by atoms with Gasteiger partial charge < -0.3 is 14.7 Å². The number of halogens is 1. The second kappa shape index (κ2) is 13.5. The number of carboxylic acids is 1. The number of rotatable bonds is 11. The van der Waals surface area contributed by atoms with Crippen LogP contribution in [0.15, 0.2) is 72.1 Å². The first-order chi connectivity index (χ1) is 19.9. The SMILES string of the molecule is CC(C)c1ccc(COc2ccc(Cl)cc2-c2csc(N(CCC3CCCCC3)c3ccc(C(=O)O)cc3)n2)cc1. The Labute approximate surface area is 251 Å². The van der Waals surface area contributed by atoms with Crippen LogP contribution in [0.1, 0.15) is 79.8 Å². The molecule has 0 aliphatic heterocycles. The Bertz CT molecular complexity index is 1440. The van der Waals surface area contributed by atoms with Crippen molar-refractivity contribution in [3.8, 4) is 17.0 Å². The quantitative estimate of drug-likeness (QED) is 0.189. The van der Waals surface area contributed by atoms with Crippen LogP contribution in [-0.2, 0) is 6.61 Å². The lowest BCUT2D eigenvalue weighted by molar-refractivity contribution is 0.0697. The van der Waals surface area contributed by atoms with E-state index in [0.717, 1.165) is 46.4 Å². The molecule has 1 N–H and O–H groups in total. The second-order valence-electron chi connectivity index (χ2n) is 11.1. The number of carboxylic acid groups (broad SMARTS) is 1. The number of carbonyl (C=O) groups is 1. The van der Waals surface area contributed by atoms with Gasteiger partial charge in [0.2, 0.25) is 0 Å². The minimum Gasteiger partial charge on any atom is -0.488 e. The molecule has 4 aromatic rings. The lowest BCUT2D eigenvalue weighted by Crippen LogP contribution is -2.22. The van der Waals surface area contributed by atoms with Crippen LogP contribution in [0.3, 0.4) is 0 Å². The number of hydrogen-bond acceptors (Lipinski definition) is 5. The van der Waals surface area contributed by atoms with Crippen molar-refractivity contribution < 1.29 is 14.6 Å². The molecule has 5 rings (SSSR count). The van der Waals surface area contributed by atoms with Crippen molar-refractivity contribution in [2.45, 2.75) is 64.9 Å². The van der Waals surface area contributed by atoms with Crippen LogP contribution in [0, 0.1) is 5.92 Å². The zero-order chi connectivity index (χ0) is 28.8. The lowest BCUT2D eigenvalue weighted by Gasteiger charge is -2.27. The summed E-state index contributed by atoms with van der Waals surface area (Å²) in [6.45, 7) is 5.66. The van der Waals surface area contributed by atoms with E-state index in [2.05, 4.69) is 43.0 Å². The highest BCUT2D eigenvalue weighted by molar-refractivity contribution is 7.14. The van der Waals surface area contributed by atoms with Crippen LogP contribution in [0.2, 0.25) is 5.02 Å². The first kappa shape index (κ1) is 29.2. The summed E-state index contributed by atoms with van der Waals surface area (Å²) in [5.74, 6) is 1.01. The molecule has 0 saturated heterocycles. The Morgan fingerprint density at radius 2 is 1.78 bits per heavy atom. The molecule has 1 aromatic heterocycles. The van der Waals surface area contributed by atoms with E-state index < -0.39 is 5.97 Å². The van der Waals surface area contributed by atoms with E-state index in [9.17, 15) is 9.90 Å². The van der Waals surface area contributed by atoms with Crippen molar-refractivity contribution in [1.82, 2.24) is 4.98 Å². The molecule has 0 bridgehead atoms. The molecule has 3 aromatic carbocycles. The molecule has 1 saturated carbocycles. The van der Waals surface area contributed by atoms with Crippen molar-refractivity contribution in [3.05, 3.63) is 93.8 Å². The zero-order valence-corrected chi connectivity index (χ0v) is 25.3. The number of benzene rings is 3. The summed E-state index contributed by atoms with van der Waals surface area (Å²) < 4.78 is 6.29. The fourth-order valence-electron chi connectivity index (χ4n) is 5.41. The number of thiazole rings is 1. The van der Waals surface area contributed by atoms with Gasteiger partial charge >= 0.3 is 5.97 Å². The van der Waals surface area contributed by atoms with Crippen molar-refractivity contribution in [1.29, 1.82) is 0 Å². The Balaban J connectivity index is 1.39. The van der Waals surface area contributed by atoms with Gasteiger partial charge in [-0.1, -0.05) is 81.8 Å². The molecule has 1 aliphatic carbocycles. The molecule has 0 spiro atoms. The summed E-state index contributed by atoms with van der Waals surface area (Å²) >= 11 is 8.01. The average molecular weight is 589 g/mol. The summed E-state index contributed by atoms with van der Waals surface area (Å²) in [5.41, 5.74) is 5.30. The van der Waals surface area contributed by atoms with E-state index >= 15 is 0 Å². The summed E-state index contributed by atoms with van der Waals surface area (Å²) in [4.78, 5) is 18.7. The molecule has 7 heteroatoms. The summed E-state index contributed by atoms with van der Waals surface area (Å²) in [6.07, 6.45) is 7.57. The third-order valence-corrected chi connectivity index (χ3v) is 8.99. The lowest BCUT2D eigenvalue weighted by atomic mass is 9.87. The van der Waals surface area contributed by atoms with E-state index in [0.29, 0.717) is 23.5 Å². The molecule has 5 nitrogen and oxygen atoms in total. The van der Waals surface area contributed by atoms with E-state index in [4.69, 9.17) is 21.3 Å². The van der Waals surface area contributed by atoms with E-state index in [-0.39, 0.29) is 5.56 Å². The van der Waals surface area contributed by atoms with Crippen LogP contribution < -0.4 is 9.64 Å². The number of hydrogen-bond donors (Lipinski definition) is 1. The maximum absolute atomic E-state index is 11.4. The minimum absolute atomic E-state index is 0.278. The van der Waals surface area contributed by atoms with Gasteiger partial charge in [0.1, 0.15) is 12.4 Å². The monoisotopic (exact) mass is 588 g/mol. The van der Waals surface area contributed by atoms with Crippen molar-refractivity contribution in [2.24, 2.45) is 5.92 Å². The van der Waals surface area contributed by atoms with Gasteiger partial charge in [-0.3, -0.25) is 0 Å². The third-order valence-electron chi connectivity index (χ3n) is 7.89. The topological polar surface area (TPSA) is 62.7 Å². The number of aromatic carboxylic acids is 1. The highest BCUT2D eigenvalue weighted by atomic mass is 35.5. The number of anilines is 2. The summed E-state index contributed by atoms with van der Waals surface area (Å²) in [5, 5.41) is 12.9. The predicted molar refractivity (Wildman–Crippen MR) is 169 cm³/mol. The van der Waals surface area contributed by atoms with Gasteiger partial charge in [0.15, 0.2) is 5.13 Å². The zero-order valence-electron chi connectivity index (χ0n) is 23.7. The van der Waals surface area contributed by atoms with Gasteiger partial charge in [0, 0.05) is 28.2 Å². The minimum atomic E-state index is -0.925. The molecular formula is C34H37ClN2O3S. The van der Waals surface area contributed by atoms with Crippen molar-refractivity contribution in [2.75, 3.05) is 11.4 Å². The molecule has 1 heterocycles. The van der Waals surface area contributed by atoms with Crippen LogP contribution in [-0.4, -0.2) is 22.6 Å². The summed E-state index contributed by atoms with van der Waals surface area (Å²) in [6, 6.07) is 21.3. The highest BCUT2D eigenvalue weighted by Gasteiger charge is 2.20. The Morgan fingerprint density at radius 3 is 2.46 bits per heavy atom. The van der Waals surface area contributed by atoms with Crippen LogP contribution in [0.4, 0.5) is 10.8 Å². The molecule has 214 valence electrons. The van der Waals surface area contributed by atoms with Gasteiger partial charge in [-0.15, -0.1) is 11.3 Å². The molecule has 1 fully saturated rings. The van der Waals surface area contributed by atoms with E-state index in [1.807, 2.05) is 35.7 Å². The molecule has 0 radical (unpaired) electrons. The van der Waals surface area contributed by atoms with Crippen molar-refractivity contribution >= 4 is 39.7 Å². The van der Waals surface area contributed by atoms with Crippen LogP contribution in [0.25, 0.3) is 11.3 Å². The van der Waals surface area contributed by atoms with Gasteiger partial charge in [0.05, 0.1) is 11.3 Å². The van der Waals surface area contributed by atoms with Crippen LogP contribution >= 0.6 is 22.9 Å². The van der Waals surface area contributed by atoms with Crippen LogP contribution in [0.5, 0.6) is 5.75 Å². The van der Waals surface area contributed by atoms with Crippen molar-refractivity contribution in [3.63, 3.8) is 0 Å². The Hall–Kier alpha value is -3.35. The first-order valence-corrected chi connectivity index (χ1v) is 15.7. The van der Waals surface area contributed by atoms with Gasteiger partial charge in [-0.05, 0) is 71.8 Å². The standard InChI is InChI=1S/C34H37ClN2O3S/c1-23(2)26-10-8-25(9-11-26)21-40-32-17-14-28(35)20-30(32)31-22-41-34(36-31)37(19-18-24-6-4-3-5-7-24)29-15-12-27(13-16-29)33(38)39/h8-17,20,22-24H,3-7,18-19,21H2,1-2H3,(H,38,39). The smallest absolute Gasteiger partial charge is 0.335 e. The number of nitrogens with zero attached hydrogens (tertiary/aromatic N) is 2. The van der Waals surface area contributed by atoms with E-state index in [1.165, 1.54) is 37.7 Å². The summed E-state index contributed by atoms with van der Waals surface area (Å²) in [7, 11) is 0. The molecule has 0 amide bonds. The fourth-order valence-corrected chi connectivity index (χ4v) is 6.45. The second-order valence-corrected chi connectivity index (χ2v) is 12.4. The average Bonchev–Trinajstić information content (AvgIpc) is 3.47. The Morgan fingerprint density at radius 1 is 1.05 bits per heavy atom. The predicted octanol–water partition coefficient (Wildman–Crippen LogP) is 9.97. The Kier molecular flexibility index (Phi) is 9.63. The van der Waals surface area contributed by atoms with Gasteiger partial charge in [0.25, 0.3) is 0 Å². The number of ether oxygens (including phenoxy) is 1.